The van der Waals surface area contributed by atoms with Crippen LogP contribution in [0.25, 0.3) is 0 Å². The van der Waals surface area contributed by atoms with Crippen molar-refractivity contribution in [1.82, 2.24) is 5.32 Å². The summed E-state index contributed by atoms with van der Waals surface area (Å²) in [7, 11) is 2.01. The van der Waals surface area contributed by atoms with Gasteiger partial charge in [-0.1, -0.05) is 38.1 Å². The predicted octanol–water partition coefficient (Wildman–Crippen LogP) is 2.76. The first-order valence-electron chi connectivity index (χ1n) is 6.98. The molecule has 1 aliphatic rings. The van der Waals surface area contributed by atoms with Gasteiger partial charge in [-0.15, -0.1) is 0 Å². The number of hydrogen-bond donors (Lipinski definition) is 1. The highest BCUT2D eigenvalue weighted by Gasteiger charge is 2.39. The Morgan fingerprint density at radius 2 is 1.89 bits per heavy atom. The topological polar surface area (TPSA) is 21.3 Å². The van der Waals surface area contributed by atoms with Crippen molar-refractivity contribution in [3.05, 3.63) is 35.4 Å². The van der Waals surface area contributed by atoms with E-state index in [-0.39, 0.29) is 5.41 Å². The summed E-state index contributed by atoms with van der Waals surface area (Å²) in [5.74, 6) is 0.723. The van der Waals surface area contributed by atoms with E-state index in [1.54, 1.807) is 0 Å². The van der Waals surface area contributed by atoms with Crippen LogP contribution in [0.2, 0.25) is 0 Å². The van der Waals surface area contributed by atoms with Crippen molar-refractivity contribution in [3.63, 3.8) is 0 Å². The second-order valence-electron chi connectivity index (χ2n) is 5.92. The molecule has 0 aliphatic carbocycles. The molecule has 2 nitrogen and oxygen atoms in total. The van der Waals surface area contributed by atoms with E-state index >= 15 is 0 Å². The van der Waals surface area contributed by atoms with Crippen LogP contribution in [0.4, 0.5) is 0 Å². The molecule has 1 fully saturated rings. The largest absolute Gasteiger partial charge is 0.379 e. The minimum Gasteiger partial charge on any atom is -0.379 e. The molecule has 0 radical (unpaired) electrons. The van der Waals surface area contributed by atoms with Gasteiger partial charge in [0, 0.05) is 5.41 Å². The molecule has 2 rings (SSSR count). The highest BCUT2D eigenvalue weighted by atomic mass is 16.5. The molecule has 100 valence electrons. The average molecular weight is 247 g/mol. The summed E-state index contributed by atoms with van der Waals surface area (Å²) in [4.78, 5) is 0. The fourth-order valence-corrected chi connectivity index (χ4v) is 2.63. The van der Waals surface area contributed by atoms with Crippen molar-refractivity contribution < 1.29 is 4.74 Å². The van der Waals surface area contributed by atoms with E-state index in [1.807, 2.05) is 7.05 Å². The molecule has 0 bridgehead atoms. The maximum Gasteiger partial charge on any atom is 0.0586 e. The lowest BCUT2D eigenvalue weighted by molar-refractivity contribution is -0.0638. The van der Waals surface area contributed by atoms with Crippen LogP contribution in [0.5, 0.6) is 0 Å². The molecule has 0 unspecified atom stereocenters. The summed E-state index contributed by atoms with van der Waals surface area (Å²) in [5, 5.41) is 3.24. The van der Waals surface area contributed by atoms with E-state index in [2.05, 4.69) is 43.4 Å². The minimum absolute atomic E-state index is 0.263. The predicted molar refractivity (Wildman–Crippen MR) is 76.0 cm³/mol. The Balaban J connectivity index is 2.07. The van der Waals surface area contributed by atoms with Gasteiger partial charge in [-0.05, 0) is 43.5 Å². The van der Waals surface area contributed by atoms with Gasteiger partial charge in [0.05, 0.1) is 13.2 Å². The third-order valence-corrected chi connectivity index (χ3v) is 3.82. The molecule has 1 aromatic carbocycles. The summed E-state index contributed by atoms with van der Waals surface area (Å²) in [6.45, 7) is 7.33. The molecular weight excluding hydrogens is 222 g/mol. The Hall–Kier alpha value is -0.860. The monoisotopic (exact) mass is 247 g/mol. The van der Waals surface area contributed by atoms with Crippen LogP contribution >= 0.6 is 0 Å². The summed E-state index contributed by atoms with van der Waals surface area (Å²) in [5.41, 5.74) is 3.15. The first kappa shape index (κ1) is 13.6. The van der Waals surface area contributed by atoms with Crippen molar-refractivity contribution in [1.29, 1.82) is 0 Å². The Kier molecular flexibility index (Phi) is 4.41. The van der Waals surface area contributed by atoms with Crippen LogP contribution in [0.1, 0.15) is 31.4 Å². The van der Waals surface area contributed by atoms with Gasteiger partial charge < -0.3 is 10.1 Å². The van der Waals surface area contributed by atoms with Crippen molar-refractivity contribution >= 4 is 0 Å². The lowest BCUT2D eigenvalue weighted by Gasteiger charge is -2.42. The van der Waals surface area contributed by atoms with Crippen LogP contribution < -0.4 is 5.32 Å². The van der Waals surface area contributed by atoms with E-state index in [4.69, 9.17) is 4.74 Å². The number of benzene rings is 1. The summed E-state index contributed by atoms with van der Waals surface area (Å²) < 4.78 is 5.46. The normalized spacial score (nSPS) is 17.8. The molecule has 0 amide bonds. The molecule has 0 aromatic heterocycles. The van der Waals surface area contributed by atoms with Crippen molar-refractivity contribution in [3.8, 4) is 0 Å². The van der Waals surface area contributed by atoms with E-state index in [1.165, 1.54) is 17.5 Å². The van der Waals surface area contributed by atoms with Gasteiger partial charge in [0.15, 0.2) is 0 Å². The van der Waals surface area contributed by atoms with Crippen molar-refractivity contribution in [2.45, 2.75) is 32.1 Å². The van der Waals surface area contributed by atoms with Crippen molar-refractivity contribution in [2.75, 3.05) is 26.8 Å². The molecule has 0 spiro atoms. The van der Waals surface area contributed by atoms with Gasteiger partial charge in [0.2, 0.25) is 0 Å². The van der Waals surface area contributed by atoms with Crippen LogP contribution in [-0.4, -0.2) is 26.8 Å². The van der Waals surface area contributed by atoms with E-state index in [9.17, 15) is 0 Å². The third kappa shape index (κ3) is 2.93. The summed E-state index contributed by atoms with van der Waals surface area (Å²) in [6.07, 6.45) is 2.33. The second-order valence-corrected chi connectivity index (χ2v) is 5.92. The molecule has 2 heteroatoms. The Bertz CT molecular complexity index is 365. The average Bonchev–Trinajstić information content (AvgIpc) is 2.29. The first-order chi connectivity index (χ1) is 8.66. The fourth-order valence-electron chi connectivity index (χ4n) is 2.63. The number of nitrogens with one attached hydrogen (secondary N) is 1. The molecule has 0 atom stereocenters. The Labute approximate surface area is 111 Å². The van der Waals surface area contributed by atoms with E-state index < -0.39 is 0 Å². The second kappa shape index (κ2) is 5.85. The molecule has 1 aromatic rings. The maximum absolute atomic E-state index is 5.46. The molecule has 1 aliphatic heterocycles. The summed E-state index contributed by atoms with van der Waals surface area (Å²) in [6, 6.07) is 9.18. The molecule has 1 N–H and O–H groups in total. The molecule has 0 saturated carbocycles. The van der Waals surface area contributed by atoms with Gasteiger partial charge in [0.25, 0.3) is 0 Å². The van der Waals surface area contributed by atoms with Gasteiger partial charge in [0.1, 0.15) is 0 Å². The summed E-state index contributed by atoms with van der Waals surface area (Å²) >= 11 is 0. The molecule has 1 saturated heterocycles. The fraction of sp³-hybridized carbons (Fsp3) is 0.625. The number of ether oxygens (including phenoxy) is 1. The lowest BCUT2D eigenvalue weighted by atomic mass is 9.75. The lowest BCUT2D eigenvalue weighted by Crippen LogP contribution is -2.48. The van der Waals surface area contributed by atoms with E-state index in [0.29, 0.717) is 0 Å². The maximum atomic E-state index is 5.46. The standard InChI is InChI=1S/C16H25NO/c1-13(2)10-14-4-6-15(7-5-14)16(8-9-17-3)11-18-12-16/h4-7,13,17H,8-12H2,1-3H3. The van der Waals surface area contributed by atoms with Crippen LogP contribution in [0, 0.1) is 5.92 Å². The number of hydrogen-bond acceptors (Lipinski definition) is 2. The Morgan fingerprint density at radius 1 is 1.22 bits per heavy atom. The zero-order chi connectivity index (χ0) is 13.0. The zero-order valence-electron chi connectivity index (χ0n) is 11.8. The van der Waals surface area contributed by atoms with Gasteiger partial charge >= 0.3 is 0 Å². The highest BCUT2D eigenvalue weighted by Crippen LogP contribution is 2.35. The molecule has 18 heavy (non-hydrogen) atoms. The van der Waals surface area contributed by atoms with Gasteiger partial charge in [-0.2, -0.15) is 0 Å². The van der Waals surface area contributed by atoms with Crippen molar-refractivity contribution in [2.24, 2.45) is 5.92 Å². The van der Waals surface area contributed by atoms with Crippen LogP contribution in [0.3, 0.4) is 0 Å². The van der Waals surface area contributed by atoms with Gasteiger partial charge in [-0.25, -0.2) is 0 Å². The third-order valence-electron chi connectivity index (χ3n) is 3.82. The minimum atomic E-state index is 0.263. The Morgan fingerprint density at radius 3 is 2.33 bits per heavy atom. The van der Waals surface area contributed by atoms with E-state index in [0.717, 1.165) is 32.1 Å². The zero-order valence-corrected chi connectivity index (χ0v) is 11.8. The molecule has 1 heterocycles. The highest BCUT2D eigenvalue weighted by molar-refractivity contribution is 5.31. The number of rotatable bonds is 6. The van der Waals surface area contributed by atoms with Gasteiger partial charge in [-0.3, -0.25) is 0 Å². The smallest absolute Gasteiger partial charge is 0.0586 e. The first-order valence-corrected chi connectivity index (χ1v) is 6.98. The molecular formula is C16H25NO. The SMILES string of the molecule is CNCCC1(c2ccc(CC(C)C)cc2)COC1. The van der Waals surface area contributed by atoms with Crippen LogP contribution in [-0.2, 0) is 16.6 Å². The van der Waals surface area contributed by atoms with Crippen LogP contribution in [0.15, 0.2) is 24.3 Å². The quantitative estimate of drug-likeness (QED) is 0.834.